The highest BCUT2D eigenvalue weighted by Crippen LogP contribution is 2.14. The number of fused-ring (bicyclic) bond motifs is 1. The number of nitrogens with zero attached hydrogens (tertiary/aromatic N) is 2. The van der Waals surface area contributed by atoms with Crippen LogP contribution < -0.4 is 9.44 Å². The predicted octanol–water partition coefficient (Wildman–Crippen LogP) is 1.26. The molecule has 3 aromatic rings. The molecule has 1 aromatic carbocycles. The van der Waals surface area contributed by atoms with Crippen molar-refractivity contribution in [1.82, 2.24) is 14.3 Å². The van der Waals surface area contributed by atoms with Crippen molar-refractivity contribution in [3.8, 4) is 0 Å². The molecule has 3 rings (SSSR count). The number of anilines is 1. The lowest BCUT2D eigenvalue weighted by Crippen LogP contribution is -2.31. The second kappa shape index (κ2) is 7.70. The molecule has 0 saturated heterocycles. The Balaban J connectivity index is 1.61. The molecule has 28 heavy (non-hydrogen) atoms. The normalized spacial score (nSPS) is 12.2. The number of sulfonamides is 2. The van der Waals surface area contributed by atoms with E-state index in [-0.39, 0.29) is 17.2 Å². The quantitative estimate of drug-likeness (QED) is 0.526. The summed E-state index contributed by atoms with van der Waals surface area (Å²) >= 11 is 0. The van der Waals surface area contributed by atoms with Crippen molar-refractivity contribution < 1.29 is 21.6 Å². The number of benzene rings is 1. The molecule has 148 valence electrons. The fourth-order valence-electron chi connectivity index (χ4n) is 2.48. The number of aromatic nitrogens is 2. The van der Waals surface area contributed by atoms with Gasteiger partial charge in [-0.2, -0.15) is 5.10 Å². The van der Waals surface area contributed by atoms with Crippen LogP contribution in [0, 0.1) is 0 Å². The van der Waals surface area contributed by atoms with Gasteiger partial charge in [0.25, 0.3) is 0 Å². The van der Waals surface area contributed by atoms with E-state index in [1.54, 1.807) is 35.1 Å². The zero-order chi connectivity index (χ0) is 20.4. The summed E-state index contributed by atoms with van der Waals surface area (Å²) in [7, 11) is -7.64. The van der Waals surface area contributed by atoms with Crippen LogP contribution in [0.3, 0.4) is 0 Å². The molecule has 0 bridgehead atoms. The fourth-order valence-corrected chi connectivity index (χ4v) is 4.60. The summed E-state index contributed by atoms with van der Waals surface area (Å²) in [5.41, 5.74) is 1.46. The number of nitrogens with one attached hydrogen (secondary N) is 2. The number of carbonyl (C=O) groups is 1. The lowest BCUT2D eigenvalue weighted by atomic mass is 10.2. The topological polar surface area (TPSA) is 127 Å². The van der Waals surface area contributed by atoms with Crippen LogP contribution in [0.1, 0.15) is 17.3 Å². The van der Waals surface area contributed by atoms with Crippen molar-refractivity contribution in [2.24, 2.45) is 0 Å². The number of ketones is 1. The zero-order valence-electron chi connectivity index (χ0n) is 14.9. The lowest BCUT2D eigenvalue weighted by molar-refractivity contribution is 0.101. The van der Waals surface area contributed by atoms with Crippen molar-refractivity contribution in [2.45, 2.75) is 11.8 Å². The fraction of sp³-hybridized carbons (Fsp3) is 0.176. The Morgan fingerprint density at radius 3 is 2.46 bits per heavy atom. The molecule has 0 fully saturated rings. The first-order chi connectivity index (χ1) is 13.2. The van der Waals surface area contributed by atoms with Crippen LogP contribution in [-0.4, -0.2) is 44.5 Å². The van der Waals surface area contributed by atoms with E-state index in [1.165, 1.54) is 31.2 Å². The highest BCUT2D eigenvalue weighted by molar-refractivity contribution is 7.92. The molecule has 2 heterocycles. The average Bonchev–Trinajstić information content (AvgIpc) is 3.08. The number of carbonyl (C=O) groups excluding carboxylic acids is 1. The van der Waals surface area contributed by atoms with Crippen LogP contribution in [0.5, 0.6) is 0 Å². The molecule has 0 aliphatic heterocycles. The van der Waals surface area contributed by atoms with Gasteiger partial charge in [-0.25, -0.2) is 26.1 Å². The van der Waals surface area contributed by atoms with Crippen molar-refractivity contribution in [2.75, 3.05) is 17.0 Å². The van der Waals surface area contributed by atoms with E-state index in [1.807, 2.05) is 0 Å². The van der Waals surface area contributed by atoms with Gasteiger partial charge in [-0.1, -0.05) is 12.1 Å². The third kappa shape index (κ3) is 4.74. The van der Waals surface area contributed by atoms with E-state index in [4.69, 9.17) is 0 Å². The van der Waals surface area contributed by atoms with Crippen molar-refractivity contribution in [3.63, 3.8) is 0 Å². The molecule has 0 atom stereocenters. The van der Waals surface area contributed by atoms with E-state index >= 15 is 0 Å². The summed E-state index contributed by atoms with van der Waals surface area (Å²) in [5.74, 6) is -0.620. The Morgan fingerprint density at radius 2 is 1.79 bits per heavy atom. The number of Topliss-reactive ketones (excluding diaryl/α,β-unsaturated/α-hetero) is 1. The molecule has 0 unspecified atom stereocenters. The molecule has 11 heteroatoms. The summed E-state index contributed by atoms with van der Waals surface area (Å²) in [4.78, 5) is 11.2. The van der Waals surface area contributed by atoms with Crippen LogP contribution in [0.25, 0.3) is 5.52 Å². The molecule has 0 saturated carbocycles. The number of hydrogen-bond acceptors (Lipinski definition) is 6. The molecule has 2 N–H and O–H groups in total. The van der Waals surface area contributed by atoms with Crippen LogP contribution in [-0.2, 0) is 20.0 Å². The molecule has 0 amide bonds. The monoisotopic (exact) mass is 422 g/mol. The first-order valence-electron chi connectivity index (χ1n) is 8.21. The molecular weight excluding hydrogens is 404 g/mol. The van der Waals surface area contributed by atoms with E-state index in [2.05, 4.69) is 14.5 Å². The maximum Gasteiger partial charge on any atom is 0.240 e. The maximum absolute atomic E-state index is 12.3. The van der Waals surface area contributed by atoms with Gasteiger partial charge >= 0.3 is 0 Å². The summed E-state index contributed by atoms with van der Waals surface area (Å²) in [5, 5.41) is 4.02. The van der Waals surface area contributed by atoms with Gasteiger partial charge in [0, 0.05) is 24.5 Å². The summed E-state index contributed by atoms with van der Waals surface area (Å²) in [6.07, 6.45) is 3.20. The van der Waals surface area contributed by atoms with Crippen LogP contribution in [0.15, 0.2) is 59.8 Å². The minimum absolute atomic E-state index is 0.0472. The Morgan fingerprint density at radius 1 is 1.07 bits per heavy atom. The minimum atomic E-state index is -3.88. The van der Waals surface area contributed by atoms with Gasteiger partial charge in [0.2, 0.25) is 20.0 Å². The average molecular weight is 422 g/mol. The second-order valence-electron chi connectivity index (χ2n) is 6.02. The Hall–Kier alpha value is -2.76. The van der Waals surface area contributed by atoms with Gasteiger partial charge in [0.15, 0.2) is 5.78 Å². The molecular formula is C17H18N4O5S2. The maximum atomic E-state index is 12.3. The molecule has 9 nitrogen and oxygen atoms in total. The number of pyridine rings is 1. The van der Waals surface area contributed by atoms with Gasteiger partial charge in [-0.15, -0.1) is 0 Å². The van der Waals surface area contributed by atoms with E-state index in [9.17, 15) is 21.6 Å². The SMILES string of the molecule is CC(=O)c1ccc(S(=O)(=O)NCCS(=O)(=O)Nc2ccn3nccc3c2)cc1. The summed E-state index contributed by atoms with van der Waals surface area (Å²) in [6, 6.07) is 10.3. The molecule has 0 spiro atoms. The van der Waals surface area contributed by atoms with E-state index in [0.717, 1.165) is 5.52 Å². The summed E-state index contributed by atoms with van der Waals surface area (Å²) < 4.78 is 55.2. The van der Waals surface area contributed by atoms with Crippen molar-refractivity contribution in [3.05, 3.63) is 60.4 Å². The highest BCUT2D eigenvalue weighted by atomic mass is 32.2. The van der Waals surface area contributed by atoms with E-state index < -0.39 is 25.8 Å². The predicted molar refractivity (Wildman–Crippen MR) is 104 cm³/mol. The first kappa shape index (κ1) is 20.0. The van der Waals surface area contributed by atoms with Crippen LogP contribution in [0.4, 0.5) is 5.69 Å². The largest absolute Gasteiger partial charge is 0.295 e. The van der Waals surface area contributed by atoms with Gasteiger partial charge in [-0.3, -0.25) is 9.52 Å². The number of hydrogen-bond donors (Lipinski definition) is 2. The molecule has 2 aromatic heterocycles. The Labute approximate surface area is 162 Å². The zero-order valence-corrected chi connectivity index (χ0v) is 16.5. The molecule has 0 aliphatic carbocycles. The van der Waals surface area contributed by atoms with Gasteiger partial charge in [0.05, 0.1) is 21.9 Å². The Bertz CT molecular complexity index is 1220. The first-order valence-corrected chi connectivity index (χ1v) is 11.3. The highest BCUT2D eigenvalue weighted by Gasteiger charge is 2.17. The van der Waals surface area contributed by atoms with Crippen LogP contribution >= 0.6 is 0 Å². The van der Waals surface area contributed by atoms with Gasteiger partial charge < -0.3 is 0 Å². The van der Waals surface area contributed by atoms with Crippen molar-refractivity contribution >= 4 is 37.0 Å². The standard InChI is InChI=1S/C17H18N4O5S2/c1-13(22)14-2-4-17(5-3-14)28(25,26)19-9-11-27(23,24)20-15-7-10-21-16(12-15)6-8-18-21/h2-8,10,12,19-20H,9,11H2,1H3. The van der Waals surface area contributed by atoms with E-state index in [0.29, 0.717) is 11.3 Å². The molecule has 0 radical (unpaired) electrons. The van der Waals surface area contributed by atoms with Gasteiger partial charge in [-0.05, 0) is 37.3 Å². The third-order valence-corrected chi connectivity index (χ3v) is 6.67. The van der Waals surface area contributed by atoms with Crippen molar-refractivity contribution in [1.29, 1.82) is 0 Å². The lowest BCUT2D eigenvalue weighted by Gasteiger charge is -2.10. The minimum Gasteiger partial charge on any atom is -0.295 e. The number of rotatable bonds is 8. The van der Waals surface area contributed by atoms with Crippen LogP contribution in [0.2, 0.25) is 0 Å². The second-order valence-corrected chi connectivity index (χ2v) is 9.62. The summed E-state index contributed by atoms with van der Waals surface area (Å²) in [6.45, 7) is 1.07. The van der Waals surface area contributed by atoms with Gasteiger partial charge in [0.1, 0.15) is 0 Å². The Kier molecular flexibility index (Phi) is 5.49. The smallest absolute Gasteiger partial charge is 0.240 e. The third-order valence-electron chi connectivity index (χ3n) is 3.91. The molecule has 0 aliphatic rings.